The highest BCUT2D eigenvalue weighted by Crippen LogP contribution is 2.50. The molecule has 0 aromatic heterocycles. The first-order valence-corrected chi connectivity index (χ1v) is 10.8. The van der Waals surface area contributed by atoms with Gasteiger partial charge in [0.1, 0.15) is 0 Å². The van der Waals surface area contributed by atoms with Crippen molar-refractivity contribution in [2.24, 2.45) is 5.92 Å². The second kappa shape index (κ2) is 8.02. The molecule has 1 fully saturated rings. The van der Waals surface area contributed by atoms with E-state index < -0.39 is 5.54 Å². The third-order valence-electron chi connectivity index (χ3n) is 6.37. The first kappa shape index (κ1) is 19.7. The van der Waals surface area contributed by atoms with E-state index in [1.165, 1.54) is 0 Å². The zero-order valence-corrected chi connectivity index (χ0v) is 17.4. The van der Waals surface area contributed by atoms with Gasteiger partial charge >= 0.3 is 0 Å². The first-order chi connectivity index (χ1) is 14.0. The Labute approximate surface area is 173 Å². The van der Waals surface area contributed by atoms with Gasteiger partial charge in [-0.15, -0.1) is 0 Å². The van der Waals surface area contributed by atoms with Crippen molar-refractivity contribution in [2.75, 3.05) is 11.4 Å². The predicted molar refractivity (Wildman–Crippen MR) is 116 cm³/mol. The topological polar surface area (TPSA) is 49.4 Å². The van der Waals surface area contributed by atoms with Crippen LogP contribution < -0.4 is 10.2 Å². The van der Waals surface area contributed by atoms with Crippen LogP contribution >= 0.6 is 0 Å². The minimum atomic E-state index is -0.508. The normalized spacial score (nSPS) is 20.6. The lowest BCUT2D eigenvalue weighted by molar-refractivity contribution is -0.124. The Hall–Kier alpha value is -2.62. The minimum Gasteiger partial charge on any atom is -0.355 e. The molecule has 1 aliphatic heterocycles. The van der Waals surface area contributed by atoms with Crippen molar-refractivity contribution in [2.45, 2.75) is 57.4 Å². The molecule has 0 saturated heterocycles. The van der Waals surface area contributed by atoms with Crippen LogP contribution in [0.4, 0.5) is 5.69 Å². The lowest BCUT2D eigenvalue weighted by Gasteiger charge is -2.53. The fourth-order valence-electron chi connectivity index (χ4n) is 5.10. The van der Waals surface area contributed by atoms with Gasteiger partial charge in [-0.3, -0.25) is 9.59 Å². The smallest absolute Gasteiger partial charge is 0.259 e. The summed E-state index contributed by atoms with van der Waals surface area (Å²) >= 11 is 0. The molecule has 0 radical (unpaired) electrons. The van der Waals surface area contributed by atoms with Crippen LogP contribution in [0.2, 0.25) is 0 Å². The number of carbonyl (C=O) groups excluding carboxylic acids is 2. The maximum Gasteiger partial charge on any atom is 0.259 e. The van der Waals surface area contributed by atoms with E-state index in [4.69, 9.17) is 0 Å². The van der Waals surface area contributed by atoms with E-state index in [1.807, 2.05) is 59.5 Å². The highest BCUT2D eigenvalue weighted by molar-refractivity contribution is 6.12. The summed E-state index contributed by atoms with van der Waals surface area (Å²) in [5.74, 6) is 0.0886. The van der Waals surface area contributed by atoms with Crippen LogP contribution in [0.3, 0.4) is 0 Å². The molecule has 1 aliphatic carbocycles. The van der Waals surface area contributed by atoms with Gasteiger partial charge in [-0.25, -0.2) is 0 Å². The van der Waals surface area contributed by atoms with Gasteiger partial charge in [-0.1, -0.05) is 69.5 Å². The molecular formula is C25H30N2O2. The fourth-order valence-corrected chi connectivity index (χ4v) is 5.10. The van der Waals surface area contributed by atoms with Crippen LogP contribution in [0.25, 0.3) is 0 Å². The predicted octanol–water partition coefficient (Wildman–Crippen LogP) is 4.91. The monoisotopic (exact) mass is 390 g/mol. The van der Waals surface area contributed by atoms with Gasteiger partial charge in [0.05, 0.1) is 11.5 Å². The van der Waals surface area contributed by atoms with E-state index in [0.717, 1.165) is 43.4 Å². The van der Waals surface area contributed by atoms with E-state index in [-0.39, 0.29) is 17.7 Å². The molecule has 1 spiro atoms. The number of carbonyl (C=O) groups is 2. The Morgan fingerprint density at radius 2 is 1.69 bits per heavy atom. The number of benzene rings is 2. The summed E-state index contributed by atoms with van der Waals surface area (Å²) in [5, 5.41) is 3.17. The molecule has 0 bridgehead atoms. The van der Waals surface area contributed by atoms with Crippen LogP contribution in [-0.4, -0.2) is 23.9 Å². The minimum absolute atomic E-state index is 0.0154. The molecule has 1 N–H and O–H groups in total. The lowest BCUT2D eigenvalue weighted by Crippen LogP contribution is -2.63. The summed E-state index contributed by atoms with van der Waals surface area (Å²) in [4.78, 5) is 29.2. The molecule has 2 aliphatic rings. The molecule has 1 saturated carbocycles. The number of hydrogen-bond donors (Lipinski definition) is 1. The van der Waals surface area contributed by atoms with Crippen molar-refractivity contribution >= 4 is 17.5 Å². The average Bonchev–Trinajstić information content (AvgIpc) is 2.74. The maximum absolute atomic E-state index is 13.7. The van der Waals surface area contributed by atoms with Gasteiger partial charge in [0.15, 0.2) is 0 Å². The summed E-state index contributed by atoms with van der Waals surface area (Å²) < 4.78 is 0. The quantitative estimate of drug-likeness (QED) is 0.807. The van der Waals surface area contributed by atoms with Gasteiger partial charge in [0.25, 0.3) is 5.91 Å². The molecule has 4 nitrogen and oxygen atoms in total. The van der Waals surface area contributed by atoms with Crippen molar-refractivity contribution in [3.05, 3.63) is 65.7 Å². The number of amides is 2. The van der Waals surface area contributed by atoms with E-state index in [2.05, 4.69) is 19.2 Å². The van der Waals surface area contributed by atoms with Crippen LogP contribution in [0, 0.1) is 5.92 Å². The summed E-state index contributed by atoms with van der Waals surface area (Å²) in [6.45, 7) is 4.85. The molecule has 152 valence electrons. The zero-order chi connectivity index (χ0) is 20.4. The summed E-state index contributed by atoms with van der Waals surface area (Å²) in [6.07, 6.45) is 4.92. The standard InChI is InChI=1S/C25H30N2O2/c1-18(2)17-26-23(28)22-20-13-7-8-14-21(20)24(29)27(19-11-5-3-6-12-19)25(22)15-9-4-10-16-25/h3,5-8,11-14,18,22H,4,9-10,15-17H2,1-2H3,(H,26,28). The van der Waals surface area contributed by atoms with Crippen molar-refractivity contribution in [1.82, 2.24) is 5.32 Å². The third-order valence-corrected chi connectivity index (χ3v) is 6.37. The van der Waals surface area contributed by atoms with Crippen molar-refractivity contribution in [1.29, 1.82) is 0 Å². The van der Waals surface area contributed by atoms with E-state index in [0.29, 0.717) is 18.0 Å². The molecule has 2 amide bonds. The first-order valence-electron chi connectivity index (χ1n) is 10.8. The third kappa shape index (κ3) is 3.45. The number of nitrogens with zero attached hydrogens (tertiary/aromatic N) is 1. The van der Waals surface area contributed by atoms with E-state index >= 15 is 0 Å². The van der Waals surface area contributed by atoms with Gasteiger partial charge < -0.3 is 10.2 Å². The highest BCUT2D eigenvalue weighted by Gasteiger charge is 2.55. The van der Waals surface area contributed by atoms with Crippen molar-refractivity contribution in [3.63, 3.8) is 0 Å². The SMILES string of the molecule is CC(C)CNC(=O)C1c2ccccc2C(=O)N(c2ccccc2)C12CCCCC2. The number of hydrogen-bond acceptors (Lipinski definition) is 2. The van der Waals surface area contributed by atoms with Crippen LogP contribution in [0.5, 0.6) is 0 Å². The Kier molecular flexibility index (Phi) is 5.44. The molecule has 2 aromatic carbocycles. The largest absolute Gasteiger partial charge is 0.355 e. The van der Waals surface area contributed by atoms with Gasteiger partial charge in [-0.2, -0.15) is 0 Å². The molecule has 4 heteroatoms. The summed E-state index contributed by atoms with van der Waals surface area (Å²) in [7, 11) is 0. The molecule has 4 rings (SSSR count). The number of fused-ring (bicyclic) bond motifs is 1. The van der Waals surface area contributed by atoms with Gasteiger partial charge in [0, 0.05) is 17.8 Å². The Bertz CT molecular complexity index is 885. The number of para-hydroxylation sites is 1. The summed E-state index contributed by atoms with van der Waals surface area (Å²) in [6, 6.07) is 17.6. The van der Waals surface area contributed by atoms with Crippen molar-refractivity contribution < 1.29 is 9.59 Å². The number of anilines is 1. The van der Waals surface area contributed by atoms with E-state index in [1.54, 1.807) is 0 Å². The van der Waals surface area contributed by atoms with Crippen LogP contribution in [0.1, 0.15) is 67.8 Å². The molecule has 1 atom stereocenters. The summed E-state index contributed by atoms with van der Waals surface area (Å²) in [5.41, 5.74) is 1.91. The molecule has 1 heterocycles. The highest BCUT2D eigenvalue weighted by atomic mass is 16.2. The number of rotatable bonds is 4. The van der Waals surface area contributed by atoms with Crippen molar-refractivity contribution in [3.8, 4) is 0 Å². The van der Waals surface area contributed by atoms with Crippen LogP contribution in [-0.2, 0) is 4.79 Å². The molecule has 1 unspecified atom stereocenters. The van der Waals surface area contributed by atoms with Gasteiger partial charge in [0.2, 0.25) is 5.91 Å². The van der Waals surface area contributed by atoms with Gasteiger partial charge in [-0.05, 0) is 42.5 Å². The van der Waals surface area contributed by atoms with E-state index in [9.17, 15) is 9.59 Å². The second-order valence-electron chi connectivity index (χ2n) is 8.80. The fraction of sp³-hybridized carbons (Fsp3) is 0.440. The Balaban J connectivity index is 1.89. The lowest BCUT2D eigenvalue weighted by atomic mass is 9.65. The zero-order valence-electron chi connectivity index (χ0n) is 17.4. The second-order valence-corrected chi connectivity index (χ2v) is 8.80. The number of nitrogens with one attached hydrogen (secondary N) is 1. The maximum atomic E-state index is 13.7. The molecular weight excluding hydrogens is 360 g/mol. The average molecular weight is 391 g/mol. The Morgan fingerprint density at radius 3 is 2.38 bits per heavy atom. The molecule has 29 heavy (non-hydrogen) atoms. The Morgan fingerprint density at radius 1 is 1.03 bits per heavy atom. The van der Waals surface area contributed by atoms with Crippen LogP contribution in [0.15, 0.2) is 54.6 Å². The molecule has 2 aromatic rings.